The summed E-state index contributed by atoms with van der Waals surface area (Å²) in [6.45, 7) is 7.53. The van der Waals surface area contributed by atoms with E-state index in [-0.39, 0.29) is 18.7 Å². The van der Waals surface area contributed by atoms with Gasteiger partial charge in [-0.2, -0.15) is 0 Å². The maximum atomic E-state index is 12.2. The molecule has 0 heterocycles. The zero-order valence-electron chi connectivity index (χ0n) is 17.2. The number of carbonyl (C=O) groups excluding carboxylic acids is 3. The lowest BCUT2D eigenvalue weighted by atomic mass is 10.1. The summed E-state index contributed by atoms with van der Waals surface area (Å²) in [5.41, 5.74) is 3.78. The number of urea groups is 1. The van der Waals surface area contributed by atoms with Crippen LogP contribution in [0.4, 0.5) is 10.5 Å². The topological polar surface area (TPSA) is 96.5 Å². The Kier molecular flexibility index (Phi) is 7.77. The Morgan fingerprint density at radius 2 is 1.59 bits per heavy atom. The number of rotatable bonds is 7. The highest BCUT2D eigenvalue weighted by Gasteiger charge is 2.12. The lowest BCUT2D eigenvalue weighted by molar-refractivity contribution is -0.119. The molecule has 0 saturated carbocycles. The number of amides is 3. The van der Waals surface area contributed by atoms with Gasteiger partial charge in [0.05, 0.1) is 5.56 Å². The SMILES string of the molecule is Cc1cccc(C)c1NC(=O)COC(=O)c1ccc(CNC(=O)NC(C)C)cc1. The molecule has 154 valence electrons. The quantitative estimate of drug-likeness (QED) is 0.625. The van der Waals surface area contributed by atoms with Gasteiger partial charge in [0.2, 0.25) is 0 Å². The molecule has 0 bridgehead atoms. The van der Waals surface area contributed by atoms with E-state index in [1.54, 1.807) is 24.3 Å². The largest absolute Gasteiger partial charge is 0.452 e. The van der Waals surface area contributed by atoms with Crippen molar-refractivity contribution in [1.29, 1.82) is 0 Å². The normalized spacial score (nSPS) is 10.4. The van der Waals surface area contributed by atoms with Gasteiger partial charge < -0.3 is 20.7 Å². The van der Waals surface area contributed by atoms with Crippen molar-refractivity contribution in [2.75, 3.05) is 11.9 Å². The summed E-state index contributed by atoms with van der Waals surface area (Å²) in [7, 11) is 0. The van der Waals surface area contributed by atoms with Gasteiger partial charge in [-0.1, -0.05) is 30.3 Å². The minimum Gasteiger partial charge on any atom is -0.452 e. The van der Waals surface area contributed by atoms with Crippen molar-refractivity contribution >= 4 is 23.6 Å². The molecule has 2 rings (SSSR count). The number of hydrogen-bond acceptors (Lipinski definition) is 4. The first-order chi connectivity index (χ1) is 13.8. The van der Waals surface area contributed by atoms with Crippen molar-refractivity contribution in [1.82, 2.24) is 10.6 Å². The summed E-state index contributed by atoms with van der Waals surface area (Å²) in [6, 6.07) is 12.2. The van der Waals surface area contributed by atoms with Gasteiger partial charge in [0.15, 0.2) is 6.61 Å². The second-order valence-corrected chi connectivity index (χ2v) is 7.07. The van der Waals surface area contributed by atoms with E-state index in [0.717, 1.165) is 22.4 Å². The van der Waals surface area contributed by atoms with Gasteiger partial charge in [-0.25, -0.2) is 9.59 Å². The van der Waals surface area contributed by atoms with Crippen molar-refractivity contribution in [3.8, 4) is 0 Å². The first kappa shape index (κ1) is 21.9. The Bertz CT molecular complexity index is 856. The van der Waals surface area contributed by atoms with Crippen molar-refractivity contribution in [2.24, 2.45) is 0 Å². The molecule has 2 aromatic carbocycles. The van der Waals surface area contributed by atoms with Crippen LogP contribution in [0.3, 0.4) is 0 Å². The van der Waals surface area contributed by atoms with Gasteiger partial charge in [0.1, 0.15) is 0 Å². The molecule has 0 spiro atoms. The maximum absolute atomic E-state index is 12.2. The lowest BCUT2D eigenvalue weighted by Crippen LogP contribution is -2.39. The molecule has 0 radical (unpaired) electrons. The standard InChI is InChI=1S/C22H27N3O4/c1-14(2)24-22(28)23-12-17-8-10-18(11-9-17)21(27)29-13-19(26)25-20-15(3)6-5-7-16(20)4/h5-11,14H,12-13H2,1-4H3,(H,25,26)(H2,23,24,28). The number of para-hydroxylation sites is 1. The molecule has 2 aromatic rings. The number of carbonyl (C=O) groups is 3. The molecule has 7 heteroatoms. The second kappa shape index (κ2) is 10.3. The van der Waals surface area contributed by atoms with Crippen molar-refractivity contribution in [3.63, 3.8) is 0 Å². The van der Waals surface area contributed by atoms with Crippen molar-refractivity contribution < 1.29 is 19.1 Å². The van der Waals surface area contributed by atoms with Gasteiger partial charge in [-0.3, -0.25) is 4.79 Å². The first-order valence-corrected chi connectivity index (χ1v) is 9.42. The van der Waals surface area contributed by atoms with Crippen LogP contribution in [0.2, 0.25) is 0 Å². The molecule has 0 fully saturated rings. The summed E-state index contributed by atoms with van der Waals surface area (Å²) in [4.78, 5) is 35.8. The summed E-state index contributed by atoms with van der Waals surface area (Å²) < 4.78 is 5.09. The van der Waals surface area contributed by atoms with Crippen LogP contribution < -0.4 is 16.0 Å². The molecule has 0 aromatic heterocycles. The molecular formula is C22H27N3O4. The predicted molar refractivity (Wildman–Crippen MR) is 112 cm³/mol. The Balaban J connectivity index is 1.83. The van der Waals surface area contributed by atoms with Crippen LogP contribution in [-0.2, 0) is 16.1 Å². The van der Waals surface area contributed by atoms with E-state index in [1.807, 2.05) is 45.9 Å². The molecule has 7 nitrogen and oxygen atoms in total. The van der Waals surface area contributed by atoms with Gasteiger partial charge in [0, 0.05) is 18.3 Å². The van der Waals surface area contributed by atoms with Gasteiger partial charge in [0.25, 0.3) is 5.91 Å². The summed E-state index contributed by atoms with van der Waals surface area (Å²) >= 11 is 0. The fourth-order valence-corrected chi connectivity index (χ4v) is 2.66. The zero-order valence-corrected chi connectivity index (χ0v) is 17.2. The number of hydrogen-bond donors (Lipinski definition) is 3. The van der Waals surface area contributed by atoms with Gasteiger partial charge in [-0.15, -0.1) is 0 Å². The minimum atomic E-state index is -0.585. The van der Waals surface area contributed by atoms with Crippen molar-refractivity contribution in [2.45, 2.75) is 40.3 Å². The Morgan fingerprint density at radius 3 is 2.17 bits per heavy atom. The van der Waals surface area contributed by atoms with Crippen LogP contribution >= 0.6 is 0 Å². The molecule has 3 amide bonds. The van der Waals surface area contributed by atoms with E-state index in [2.05, 4.69) is 16.0 Å². The van der Waals surface area contributed by atoms with Crippen LogP contribution in [0.1, 0.15) is 40.9 Å². The number of aryl methyl sites for hydroxylation is 2. The van der Waals surface area contributed by atoms with E-state index < -0.39 is 11.9 Å². The van der Waals surface area contributed by atoms with Crippen molar-refractivity contribution in [3.05, 3.63) is 64.7 Å². The fraction of sp³-hybridized carbons (Fsp3) is 0.318. The third kappa shape index (κ3) is 6.95. The number of esters is 1. The highest BCUT2D eigenvalue weighted by Crippen LogP contribution is 2.19. The molecule has 0 aliphatic carbocycles. The predicted octanol–water partition coefficient (Wildman–Crippen LogP) is 3.31. The zero-order chi connectivity index (χ0) is 21.4. The van der Waals surface area contributed by atoms with Crippen LogP contribution in [0.5, 0.6) is 0 Å². The van der Waals surface area contributed by atoms with Crippen LogP contribution in [0.25, 0.3) is 0 Å². The average Bonchev–Trinajstić information content (AvgIpc) is 2.67. The molecule has 29 heavy (non-hydrogen) atoms. The molecule has 0 saturated heterocycles. The highest BCUT2D eigenvalue weighted by atomic mass is 16.5. The van der Waals surface area contributed by atoms with Crippen LogP contribution in [0.15, 0.2) is 42.5 Å². The molecule has 0 aliphatic rings. The van der Waals surface area contributed by atoms with E-state index in [1.165, 1.54) is 0 Å². The number of anilines is 1. The number of benzene rings is 2. The summed E-state index contributed by atoms with van der Waals surface area (Å²) in [5, 5.41) is 8.24. The van der Waals surface area contributed by atoms with E-state index >= 15 is 0 Å². The Hall–Kier alpha value is -3.35. The van der Waals surface area contributed by atoms with E-state index in [0.29, 0.717) is 12.1 Å². The van der Waals surface area contributed by atoms with Crippen LogP contribution in [0, 0.1) is 13.8 Å². The molecule has 0 unspecified atom stereocenters. The smallest absolute Gasteiger partial charge is 0.338 e. The van der Waals surface area contributed by atoms with E-state index in [4.69, 9.17) is 4.74 Å². The molecule has 3 N–H and O–H groups in total. The maximum Gasteiger partial charge on any atom is 0.338 e. The average molecular weight is 397 g/mol. The monoisotopic (exact) mass is 397 g/mol. The Morgan fingerprint density at radius 1 is 0.966 bits per heavy atom. The molecule has 0 atom stereocenters. The second-order valence-electron chi connectivity index (χ2n) is 7.07. The summed E-state index contributed by atoms with van der Waals surface area (Å²) in [5.74, 6) is -0.980. The number of nitrogens with one attached hydrogen (secondary N) is 3. The Labute approximate surface area is 170 Å². The molecular weight excluding hydrogens is 370 g/mol. The number of ether oxygens (including phenoxy) is 1. The van der Waals surface area contributed by atoms with E-state index in [9.17, 15) is 14.4 Å². The van der Waals surface area contributed by atoms with Crippen LogP contribution in [-0.4, -0.2) is 30.6 Å². The third-order valence-electron chi connectivity index (χ3n) is 4.14. The first-order valence-electron chi connectivity index (χ1n) is 9.42. The lowest BCUT2D eigenvalue weighted by Gasteiger charge is -2.12. The molecule has 0 aliphatic heterocycles. The van der Waals surface area contributed by atoms with Gasteiger partial charge in [-0.05, 0) is 56.5 Å². The highest BCUT2D eigenvalue weighted by molar-refractivity contribution is 5.96. The van der Waals surface area contributed by atoms with Gasteiger partial charge >= 0.3 is 12.0 Å². The summed E-state index contributed by atoms with van der Waals surface area (Å²) in [6.07, 6.45) is 0. The minimum absolute atomic E-state index is 0.0547. The fourth-order valence-electron chi connectivity index (χ4n) is 2.66. The third-order valence-corrected chi connectivity index (χ3v) is 4.14.